The minimum atomic E-state index is 0.584. The molecule has 1 N–H and O–H groups in total. The van der Waals surface area contributed by atoms with E-state index in [0.717, 1.165) is 13.0 Å². The minimum absolute atomic E-state index is 0.584. The first kappa shape index (κ1) is 8.06. The Bertz CT molecular complexity index is 470. The van der Waals surface area contributed by atoms with Gasteiger partial charge in [0.25, 0.3) is 0 Å². The van der Waals surface area contributed by atoms with Gasteiger partial charge in [-0.1, -0.05) is 18.2 Å². The van der Waals surface area contributed by atoms with Gasteiger partial charge in [-0.15, -0.1) is 0 Å². The van der Waals surface area contributed by atoms with Gasteiger partial charge in [0, 0.05) is 18.8 Å². The number of nitrogens with one attached hydrogen (secondary N) is 1. The van der Waals surface area contributed by atoms with E-state index in [0.29, 0.717) is 6.04 Å². The third-order valence-corrected chi connectivity index (χ3v) is 3.16. The molecule has 1 aromatic heterocycles. The summed E-state index contributed by atoms with van der Waals surface area (Å²) in [6.45, 7) is 1.09. The zero-order valence-electron chi connectivity index (χ0n) is 8.33. The molecule has 1 aliphatic rings. The first-order valence-electron chi connectivity index (χ1n) is 5.12. The largest absolute Gasteiger partial charge is 0.346 e. The molecule has 2 heteroatoms. The Kier molecular flexibility index (Phi) is 1.64. The number of rotatable bonds is 1. The topological polar surface area (TPSA) is 17.0 Å². The van der Waals surface area contributed by atoms with E-state index in [2.05, 4.69) is 40.3 Å². The SMILES string of the molecule is CNC1Cc2cccc3ccn(c23)C1. The number of para-hydroxylation sites is 1. The fraction of sp³-hybridized carbons (Fsp3) is 0.333. The van der Waals surface area contributed by atoms with Crippen LogP contribution in [0.4, 0.5) is 0 Å². The van der Waals surface area contributed by atoms with Gasteiger partial charge in [0.15, 0.2) is 0 Å². The number of hydrogen-bond acceptors (Lipinski definition) is 1. The third kappa shape index (κ3) is 1.01. The van der Waals surface area contributed by atoms with Crippen molar-refractivity contribution >= 4 is 10.9 Å². The van der Waals surface area contributed by atoms with Gasteiger partial charge in [0.1, 0.15) is 0 Å². The molecular weight excluding hydrogens is 172 g/mol. The van der Waals surface area contributed by atoms with Crippen LogP contribution in [0.5, 0.6) is 0 Å². The Morgan fingerprint density at radius 3 is 3.14 bits per heavy atom. The molecule has 1 aliphatic heterocycles. The highest BCUT2D eigenvalue weighted by Gasteiger charge is 2.18. The van der Waals surface area contributed by atoms with E-state index in [1.807, 2.05) is 7.05 Å². The predicted molar refractivity (Wildman–Crippen MR) is 58.5 cm³/mol. The second kappa shape index (κ2) is 2.85. The van der Waals surface area contributed by atoms with Gasteiger partial charge in [-0.2, -0.15) is 0 Å². The average Bonchev–Trinajstić information content (AvgIpc) is 2.64. The summed E-state index contributed by atoms with van der Waals surface area (Å²) < 4.78 is 2.36. The Balaban J connectivity index is 2.23. The van der Waals surface area contributed by atoms with Crippen molar-refractivity contribution < 1.29 is 0 Å². The molecule has 1 atom stereocenters. The number of likely N-dealkylation sites (N-methyl/N-ethyl adjacent to an activating group) is 1. The van der Waals surface area contributed by atoms with E-state index in [9.17, 15) is 0 Å². The van der Waals surface area contributed by atoms with Gasteiger partial charge in [0.2, 0.25) is 0 Å². The quantitative estimate of drug-likeness (QED) is 0.718. The van der Waals surface area contributed by atoms with E-state index in [-0.39, 0.29) is 0 Å². The van der Waals surface area contributed by atoms with Crippen molar-refractivity contribution in [2.24, 2.45) is 0 Å². The molecule has 0 saturated carbocycles. The molecule has 1 unspecified atom stereocenters. The van der Waals surface area contributed by atoms with Crippen molar-refractivity contribution in [1.29, 1.82) is 0 Å². The molecule has 0 bridgehead atoms. The van der Waals surface area contributed by atoms with Crippen molar-refractivity contribution in [3.63, 3.8) is 0 Å². The monoisotopic (exact) mass is 186 g/mol. The summed E-state index contributed by atoms with van der Waals surface area (Å²) in [4.78, 5) is 0. The number of nitrogens with zero attached hydrogens (tertiary/aromatic N) is 1. The molecule has 72 valence electrons. The van der Waals surface area contributed by atoms with E-state index in [1.165, 1.54) is 16.5 Å². The number of benzene rings is 1. The summed E-state index contributed by atoms with van der Waals surface area (Å²) in [6.07, 6.45) is 3.34. The summed E-state index contributed by atoms with van der Waals surface area (Å²) in [5.74, 6) is 0. The zero-order valence-corrected chi connectivity index (χ0v) is 8.33. The van der Waals surface area contributed by atoms with Crippen molar-refractivity contribution in [2.75, 3.05) is 7.05 Å². The third-order valence-electron chi connectivity index (χ3n) is 3.16. The number of hydrogen-bond donors (Lipinski definition) is 1. The van der Waals surface area contributed by atoms with Crippen LogP contribution in [0.15, 0.2) is 30.5 Å². The van der Waals surface area contributed by atoms with Gasteiger partial charge in [-0.3, -0.25) is 0 Å². The van der Waals surface area contributed by atoms with Crippen LogP contribution in [0.3, 0.4) is 0 Å². The Labute approximate surface area is 83.5 Å². The molecule has 2 aromatic rings. The molecule has 0 amide bonds. The molecule has 0 radical (unpaired) electrons. The van der Waals surface area contributed by atoms with Crippen molar-refractivity contribution in [3.05, 3.63) is 36.0 Å². The van der Waals surface area contributed by atoms with Crippen LogP contribution >= 0.6 is 0 Å². The second-order valence-electron chi connectivity index (χ2n) is 4.01. The Hall–Kier alpha value is -1.28. The first-order valence-corrected chi connectivity index (χ1v) is 5.12. The summed E-state index contributed by atoms with van der Waals surface area (Å²) in [7, 11) is 2.04. The van der Waals surface area contributed by atoms with Crippen molar-refractivity contribution in [2.45, 2.75) is 19.0 Å². The summed E-state index contributed by atoms with van der Waals surface area (Å²) in [5.41, 5.74) is 2.90. The first-order chi connectivity index (χ1) is 6.88. The molecule has 0 fully saturated rings. The lowest BCUT2D eigenvalue weighted by atomic mass is 10.0. The van der Waals surface area contributed by atoms with Crippen LogP contribution in [0, 0.1) is 0 Å². The van der Waals surface area contributed by atoms with E-state index >= 15 is 0 Å². The maximum absolute atomic E-state index is 3.36. The molecule has 1 aromatic carbocycles. The van der Waals surface area contributed by atoms with E-state index in [1.54, 1.807) is 0 Å². The molecule has 0 spiro atoms. The van der Waals surface area contributed by atoms with E-state index < -0.39 is 0 Å². The highest BCUT2D eigenvalue weighted by Crippen LogP contribution is 2.25. The molecule has 14 heavy (non-hydrogen) atoms. The van der Waals surface area contributed by atoms with Crippen LogP contribution in [-0.4, -0.2) is 17.7 Å². The second-order valence-corrected chi connectivity index (χ2v) is 4.01. The highest BCUT2D eigenvalue weighted by molar-refractivity contribution is 5.84. The molecule has 3 rings (SSSR count). The van der Waals surface area contributed by atoms with Crippen LogP contribution in [0.25, 0.3) is 10.9 Å². The molecule has 0 aliphatic carbocycles. The highest BCUT2D eigenvalue weighted by atomic mass is 15.0. The van der Waals surface area contributed by atoms with Gasteiger partial charge in [-0.05, 0) is 30.5 Å². The summed E-state index contributed by atoms with van der Waals surface area (Å²) >= 11 is 0. The van der Waals surface area contributed by atoms with Crippen molar-refractivity contribution in [3.8, 4) is 0 Å². The van der Waals surface area contributed by atoms with Gasteiger partial charge >= 0.3 is 0 Å². The van der Waals surface area contributed by atoms with Crippen LogP contribution in [0.2, 0.25) is 0 Å². The van der Waals surface area contributed by atoms with Crippen LogP contribution < -0.4 is 5.32 Å². The molecule has 2 nitrogen and oxygen atoms in total. The van der Waals surface area contributed by atoms with Gasteiger partial charge in [-0.25, -0.2) is 0 Å². The Morgan fingerprint density at radius 1 is 1.36 bits per heavy atom. The minimum Gasteiger partial charge on any atom is -0.346 e. The smallest absolute Gasteiger partial charge is 0.0513 e. The average molecular weight is 186 g/mol. The summed E-state index contributed by atoms with van der Waals surface area (Å²) in [6, 6.07) is 9.37. The fourth-order valence-electron chi connectivity index (χ4n) is 2.42. The van der Waals surface area contributed by atoms with Crippen LogP contribution in [0.1, 0.15) is 5.56 Å². The van der Waals surface area contributed by atoms with Crippen LogP contribution in [-0.2, 0) is 13.0 Å². The predicted octanol–water partition coefficient (Wildman–Crippen LogP) is 1.79. The maximum Gasteiger partial charge on any atom is 0.0513 e. The zero-order chi connectivity index (χ0) is 9.54. The Morgan fingerprint density at radius 2 is 2.29 bits per heavy atom. The van der Waals surface area contributed by atoms with Gasteiger partial charge in [0.05, 0.1) is 5.52 Å². The standard InChI is InChI=1S/C12H14N2/c1-13-11-7-10-4-2-3-9-5-6-14(8-11)12(9)10/h2-6,11,13H,7-8H2,1H3. The number of aromatic nitrogens is 1. The molecule has 0 saturated heterocycles. The van der Waals surface area contributed by atoms with Crippen molar-refractivity contribution in [1.82, 2.24) is 9.88 Å². The summed E-state index contributed by atoms with van der Waals surface area (Å²) in [5, 5.41) is 4.73. The van der Waals surface area contributed by atoms with Gasteiger partial charge < -0.3 is 9.88 Å². The maximum atomic E-state index is 3.36. The molecule has 2 heterocycles. The normalized spacial score (nSPS) is 20.2. The lowest BCUT2D eigenvalue weighted by molar-refractivity contribution is 0.471. The fourth-order valence-corrected chi connectivity index (χ4v) is 2.42. The molecular formula is C12H14N2. The lowest BCUT2D eigenvalue weighted by Crippen LogP contribution is -2.34. The lowest BCUT2D eigenvalue weighted by Gasteiger charge is -2.24. The van der Waals surface area contributed by atoms with E-state index in [4.69, 9.17) is 0 Å².